The molecule has 3 aromatic rings. The number of carbonyl (C=O) groups is 1. The molecule has 37 heavy (non-hydrogen) atoms. The Morgan fingerprint density at radius 2 is 1.68 bits per heavy atom. The lowest BCUT2D eigenvalue weighted by Gasteiger charge is -2.15. The Kier molecular flexibility index (Phi) is 5.37. The molecule has 2 aliphatic heterocycles. The number of allylic oxidation sites excluding steroid dienone is 3. The molecule has 0 radical (unpaired) electrons. The second-order valence-corrected chi connectivity index (χ2v) is 10.8. The van der Waals surface area contributed by atoms with Crippen molar-refractivity contribution in [2.45, 2.75) is 60.8 Å². The Balaban J connectivity index is 1.73. The van der Waals surface area contributed by atoms with E-state index in [0.29, 0.717) is 18.3 Å². The van der Waals surface area contributed by atoms with Crippen LogP contribution in [0.2, 0.25) is 0 Å². The molecule has 0 unspecified atom stereocenters. The molecule has 2 atom stereocenters. The van der Waals surface area contributed by atoms with E-state index in [-0.39, 0.29) is 5.78 Å². The third-order valence-corrected chi connectivity index (χ3v) is 8.97. The highest BCUT2D eigenvalue weighted by atomic mass is 16.1. The standard InChI is InChI=1S/C32H36N4O/c1-8-19-15(4)23-12-25-17(6)21(10-3)31(35-25)22-11-29(37)30-18(7)26(36-32(22)30)14-28-20(9-2)16(5)24(34-28)13-27(19)33-23/h8,12-14,17,21,33-36H,1,9-11H2,2-7H3/b24-13-,25-12-,28-14-,31-22-/t17-,21-/m0/s1. The normalized spacial score (nSPS) is 25.2. The minimum atomic E-state index is 0.210. The zero-order valence-corrected chi connectivity index (χ0v) is 22.7. The molecule has 1 fully saturated rings. The van der Waals surface area contributed by atoms with Gasteiger partial charge in [0.05, 0.1) is 5.69 Å². The van der Waals surface area contributed by atoms with Crippen LogP contribution < -0.4 is 16.0 Å². The lowest BCUT2D eigenvalue weighted by atomic mass is 9.88. The molecule has 3 aliphatic rings. The first kappa shape index (κ1) is 23.7. The van der Waals surface area contributed by atoms with E-state index in [1.54, 1.807) is 0 Å². The number of carbonyl (C=O) groups excluding carboxylic acids is 1. The SMILES string of the molecule is C=Cc1c2[nH]c(c1C)/C=C1\N/C(=C3/CC(=O)c4c3[nH]c(c4C)/C=c3\[nH]/c(c(C)c3CC)=C\2)[C@@H](CC)[C@@H]1C. The first-order chi connectivity index (χ1) is 17.8. The van der Waals surface area contributed by atoms with E-state index >= 15 is 0 Å². The topological polar surface area (TPSA) is 76.5 Å². The van der Waals surface area contributed by atoms with Crippen molar-refractivity contribution in [3.05, 3.63) is 84.8 Å². The van der Waals surface area contributed by atoms with Crippen molar-refractivity contribution in [3.63, 3.8) is 0 Å². The maximum atomic E-state index is 13.3. The summed E-state index contributed by atoms with van der Waals surface area (Å²) >= 11 is 0. The van der Waals surface area contributed by atoms with Crippen molar-refractivity contribution in [3.8, 4) is 0 Å². The van der Waals surface area contributed by atoms with Crippen molar-refractivity contribution in [2.75, 3.05) is 0 Å². The van der Waals surface area contributed by atoms with E-state index in [2.05, 4.69) is 86.6 Å². The summed E-state index contributed by atoms with van der Waals surface area (Å²) < 4.78 is 0. The largest absolute Gasteiger partial charge is 0.361 e. The van der Waals surface area contributed by atoms with Crippen molar-refractivity contribution >= 4 is 35.7 Å². The van der Waals surface area contributed by atoms with Gasteiger partial charge in [-0.05, 0) is 74.1 Å². The Morgan fingerprint density at radius 3 is 2.38 bits per heavy atom. The molecule has 1 aliphatic carbocycles. The van der Waals surface area contributed by atoms with E-state index < -0.39 is 0 Å². The van der Waals surface area contributed by atoms with Gasteiger partial charge < -0.3 is 20.3 Å². The van der Waals surface area contributed by atoms with Gasteiger partial charge in [-0.25, -0.2) is 0 Å². The van der Waals surface area contributed by atoms with Crippen LogP contribution in [-0.4, -0.2) is 20.7 Å². The summed E-state index contributed by atoms with van der Waals surface area (Å²) in [7, 11) is 0. The highest BCUT2D eigenvalue weighted by Gasteiger charge is 2.38. The molecule has 8 bridgehead atoms. The number of hydrogen-bond donors (Lipinski definition) is 4. The van der Waals surface area contributed by atoms with Gasteiger partial charge in [-0.15, -0.1) is 0 Å². The minimum Gasteiger partial charge on any atom is -0.361 e. The zero-order valence-electron chi connectivity index (χ0n) is 22.7. The van der Waals surface area contributed by atoms with Gasteiger partial charge in [0.15, 0.2) is 5.78 Å². The number of Topliss-reactive ketones (excluding diaryl/α,β-unsaturated/α-hetero) is 1. The highest BCUT2D eigenvalue weighted by molar-refractivity contribution is 6.13. The second kappa shape index (κ2) is 8.41. The van der Waals surface area contributed by atoms with E-state index in [1.165, 1.54) is 28.1 Å². The Labute approximate surface area is 218 Å². The van der Waals surface area contributed by atoms with Gasteiger partial charge in [-0.1, -0.05) is 33.4 Å². The van der Waals surface area contributed by atoms with Crippen LogP contribution in [-0.2, 0) is 6.42 Å². The summed E-state index contributed by atoms with van der Waals surface area (Å²) in [6.07, 6.45) is 11.0. The number of hydrogen-bond acceptors (Lipinski definition) is 2. The maximum absolute atomic E-state index is 13.3. The molecule has 5 nitrogen and oxygen atoms in total. The molecule has 6 rings (SSSR count). The number of H-pyrrole nitrogens is 3. The molecule has 5 heterocycles. The van der Waals surface area contributed by atoms with Gasteiger partial charge in [0.1, 0.15) is 0 Å². The molecule has 0 spiro atoms. The Hall–Kier alpha value is -3.73. The van der Waals surface area contributed by atoms with Crippen LogP contribution in [0.1, 0.15) is 94.6 Å². The molecular weight excluding hydrogens is 456 g/mol. The summed E-state index contributed by atoms with van der Waals surface area (Å²) in [5, 5.41) is 5.97. The first-order valence-electron chi connectivity index (χ1n) is 13.5. The highest BCUT2D eigenvalue weighted by Crippen LogP contribution is 2.45. The molecular formula is C32H36N4O. The van der Waals surface area contributed by atoms with Crippen LogP contribution in [0, 0.1) is 32.6 Å². The third-order valence-electron chi connectivity index (χ3n) is 8.97. The van der Waals surface area contributed by atoms with E-state index in [1.807, 2.05) is 6.08 Å². The molecule has 190 valence electrons. The van der Waals surface area contributed by atoms with Gasteiger partial charge in [0.2, 0.25) is 0 Å². The van der Waals surface area contributed by atoms with Crippen LogP contribution in [0.3, 0.4) is 0 Å². The average molecular weight is 493 g/mol. The van der Waals surface area contributed by atoms with Crippen molar-refractivity contribution in [2.24, 2.45) is 11.8 Å². The molecule has 0 aromatic carbocycles. The predicted molar refractivity (Wildman–Crippen MR) is 152 cm³/mol. The molecule has 5 heteroatoms. The number of aromatic amines is 3. The zero-order chi connectivity index (χ0) is 26.2. The van der Waals surface area contributed by atoms with Crippen LogP contribution >= 0.6 is 0 Å². The summed E-state index contributed by atoms with van der Waals surface area (Å²) in [6.45, 7) is 17.3. The molecule has 3 aromatic heterocycles. The summed E-state index contributed by atoms with van der Waals surface area (Å²) in [4.78, 5) is 24.3. The van der Waals surface area contributed by atoms with Crippen LogP contribution in [0.25, 0.3) is 29.9 Å². The summed E-state index contributed by atoms with van der Waals surface area (Å²) in [5.74, 6) is 0.875. The smallest absolute Gasteiger partial charge is 0.169 e. The monoisotopic (exact) mass is 492 g/mol. The number of ketones is 1. The summed E-state index contributed by atoms with van der Waals surface area (Å²) in [5.41, 5.74) is 14.4. The maximum Gasteiger partial charge on any atom is 0.169 e. The van der Waals surface area contributed by atoms with Gasteiger partial charge in [-0.2, -0.15) is 0 Å². The third kappa shape index (κ3) is 3.33. The molecule has 0 saturated carbocycles. The van der Waals surface area contributed by atoms with E-state index in [4.69, 9.17) is 0 Å². The fraction of sp³-hybridized carbons (Fsp3) is 0.344. The summed E-state index contributed by atoms with van der Waals surface area (Å²) in [6, 6.07) is 0. The van der Waals surface area contributed by atoms with E-state index in [0.717, 1.165) is 68.6 Å². The average Bonchev–Trinajstić information content (AvgIpc) is 3.61. The van der Waals surface area contributed by atoms with E-state index in [9.17, 15) is 4.79 Å². The van der Waals surface area contributed by atoms with Crippen LogP contribution in [0.15, 0.2) is 18.0 Å². The lowest BCUT2D eigenvalue weighted by molar-refractivity contribution is 0.100. The van der Waals surface area contributed by atoms with Gasteiger partial charge in [-0.3, -0.25) is 4.79 Å². The van der Waals surface area contributed by atoms with Crippen molar-refractivity contribution < 1.29 is 4.79 Å². The Morgan fingerprint density at radius 1 is 0.946 bits per heavy atom. The number of rotatable bonds is 3. The number of aromatic nitrogens is 3. The molecule has 1 saturated heterocycles. The predicted octanol–water partition coefficient (Wildman–Crippen LogP) is 5.38. The fourth-order valence-electron chi connectivity index (χ4n) is 6.77. The van der Waals surface area contributed by atoms with Gasteiger partial charge >= 0.3 is 0 Å². The minimum absolute atomic E-state index is 0.210. The lowest BCUT2D eigenvalue weighted by Crippen LogP contribution is -2.13. The quantitative estimate of drug-likeness (QED) is 0.396. The van der Waals surface area contributed by atoms with Gasteiger partial charge in [0, 0.05) is 74.1 Å². The first-order valence-corrected chi connectivity index (χ1v) is 13.5. The molecule has 4 N–H and O–H groups in total. The number of nitrogens with one attached hydrogen (secondary N) is 4. The fourth-order valence-corrected chi connectivity index (χ4v) is 6.77. The van der Waals surface area contributed by atoms with Crippen molar-refractivity contribution in [1.82, 2.24) is 20.3 Å². The van der Waals surface area contributed by atoms with Crippen molar-refractivity contribution in [1.29, 1.82) is 0 Å². The second-order valence-electron chi connectivity index (χ2n) is 10.8. The number of fused-ring (bicyclic) bond motifs is 7. The Bertz CT molecular complexity index is 1680. The van der Waals surface area contributed by atoms with Gasteiger partial charge in [0.25, 0.3) is 0 Å². The van der Waals surface area contributed by atoms with Crippen LogP contribution in [0.4, 0.5) is 0 Å². The van der Waals surface area contributed by atoms with Crippen LogP contribution in [0.5, 0.6) is 0 Å². The molecule has 0 amide bonds.